The van der Waals surface area contributed by atoms with E-state index in [0.29, 0.717) is 23.2 Å². The molecule has 1 aliphatic carbocycles. The zero-order chi connectivity index (χ0) is 23.2. The molecule has 33 heavy (non-hydrogen) atoms. The number of carbonyl (C=O) groups excluding carboxylic acids is 1. The van der Waals surface area contributed by atoms with E-state index in [1.54, 1.807) is 26.4 Å². The molecular formula is C25H30N4O4. The third-order valence-corrected chi connectivity index (χ3v) is 5.99. The lowest BCUT2D eigenvalue weighted by atomic mass is 9.94. The summed E-state index contributed by atoms with van der Waals surface area (Å²) in [5.74, 6) is 2.04. The number of rotatable bonds is 7. The van der Waals surface area contributed by atoms with Crippen LogP contribution in [0.3, 0.4) is 0 Å². The third-order valence-electron chi connectivity index (χ3n) is 5.99. The van der Waals surface area contributed by atoms with Crippen LogP contribution in [-0.4, -0.2) is 41.3 Å². The first-order valence-corrected chi connectivity index (χ1v) is 11.3. The van der Waals surface area contributed by atoms with Gasteiger partial charge >= 0.3 is 6.03 Å². The molecule has 4 rings (SSSR count). The summed E-state index contributed by atoms with van der Waals surface area (Å²) >= 11 is 0. The fourth-order valence-electron chi connectivity index (χ4n) is 4.15. The topological polar surface area (TPSA) is 89.7 Å². The van der Waals surface area contributed by atoms with Crippen molar-refractivity contribution in [2.75, 3.05) is 19.5 Å². The average Bonchev–Trinajstić information content (AvgIpc) is 3.32. The van der Waals surface area contributed by atoms with Gasteiger partial charge in [0, 0.05) is 17.3 Å². The molecule has 0 spiro atoms. The lowest BCUT2D eigenvalue weighted by Gasteiger charge is -2.33. The summed E-state index contributed by atoms with van der Waals surface area (Å²) in [4.78, 5) is 19.6. The van der Waals surface area contributed by atoms with Crippen LogP contribution in [0.15, 0.2) is 47.0 Å². The number of aromatic nitrogens is 2. The summed E-state index contributed by atoms with van der Waals surface area (Å²) in [6.45, 7) is 2.27. The van der Waals surface area contributed by atoms with Crippen molar-refractivity contribution in [1.82, 2.24) is 15.0 Å². The minimum atomic E-state index is -0.156. The zero-order valence-corrected chi connectivity index (χ0v) is 19.3. The van der Waals surface area contributed by atoms with Gasteiger partial charge in [0.2, 0.25) is 11.7 Å². The van der Waals surface area contributed by atoms with E-state index in [-0.39, 0.29) is 18.6 Å². The molecule has 0 aliphatic heterocycles. The van der Waals surface area contributed by atoms with Gasteiger partial charge in [-0.3, -0.25) is 0 Å². The predicted molar refractivity (Wildman–Crippen MR) is 125 cm³/mol. The highest BCUT2D eigenvalue weighted by molar-refractivity contribution is 5.89. The number of ether oxygens (including phenoxy) is 2. The highest BCUT2D eigenvalue weighted by atomic mass is 16.5. The van der Waals surface area contributed by atoms with E-state index in [2.05, 4.69) is 15.5 Å². The summed E-state index contributed by atoms with van der Waals surface area (Å²) in [7, 11) is 3.17. The van der Waals surface area contributed by atoms with Gasteiger partial charge in [0.25, 0.3) is 0 Å². The van der Waals surface area contributed by atoms with Crippen molar-refractivity contribution in [3.8, 4) is 22.9 Å². The molecule has 1 saturated carbocycles. The number of anilines is 1. The number of aryl methyl sites for hydroxylation is 1. The Morgan fingerprint density at radius 3 is 2.48 bits per heavy atom. The molecule has 0 bridgehead atoms. The molecule has 8 nitrogen and oxygen atoms in total. The van der Waals surface area contributed by atoms with E-state index in [1.807, 2.05) is 42.2 Å². The monoisotopic (exact) mass is 450 g/mol. The van der Waals surface area contributed by atoms with Crippen LogP contribution in [0.4, 0.5) is 10.5 Å². The Balaban J connectivity index is 1.53. The second kappa shape index (κ2) is 10.4. The first-order chi connectivity index (χ1) is 16.1. The number of hydrogen-bond acceptors (Lipinski definition) is 6. The van der Waals surface area contributed by atoms with E-state index in [0.717, 1.165) is 42.5 Å². The van der Waals surface area contributed by atoms with Crippen molar-refractivity contribution in [2.24, 2.45) is 0 Å². The minimum Gasteiger partial charge on any atom is -0.493 e. The van der Waals surface area contributed by atoms with E-state index in [9.17, 15) is 4.79 Å². The maximum absolute atomic E-state index is 13.2. The number of benzene rings is 2. The number of hydrogen-bond donors (Lipinski definition) is 1. The first kappa shape index (κ1) is 22.6. The van der Waals surface area contributed by atoms with Crippen molar-refractivity contribution in [1.29, 1.82) is 0 Å². The number of urea groups is 1. The molecule has 3 aromatic rings. The summed E-state index contributed by atoms with van der Waals surface area (Å²) < 4.78 is 16.2. The van der Waals surface area contributed by atoms with Crippen molar-refractivity contribution in [3.05, 3.63) is 53.9 Å². The normalized spacial score (nSPS) is 14.0. The fourth-order valence-corrected chi connectivity index (χ4v) is 4.15. The largest absolute Gasteiger partial charge is 0.493 e. The maximum atomic E-state index is 13.2. The van der Waals surface area contributed by atoms with Gasteiger partial charge in [-0.1, -0.05) is 42.1 Å². The molecule has 0 atom stereocenters. The van der Waals surface area contributed by atoms with Crippen LogP contribution in [-0.2, 0) is 6.54 Å². The lowest BCUT2D eigenvalue weighted by Crippen LogP contribution is -2.43. The molecule has 2 aromatic carbocycles. The average molecular weight is 451 g/mol. The van der Waals surface area contributed by atoms with Crippen LogP contribution < -0.4 is 14.8 Å². The molecule has 2 amide bonds. The van der Waals surface area contributed by atoms with Gasteiger partial charge in [0.05, 0.1) is 14.2 Å². The standard InChI is InChI=1S/C25H30N4O4/c1-17-9-12-19(13-10-17)26-25(30)29(20-7-5-4-6-8-20)16-23-27-24(28-33-23)18-11-14-21(31-2)22(15-18)32-3/h9-15,20H,4-8,16H2,1-3H3,(H,26,30). The predicted octanol–water partition coefficient (Wildman–Crippen LogP) is 5.43. The summed E-state index contributed by atoms with van der Waals surface area (Å²) in [5.41, 5.74) is 2.66. The number of methoxy groups -OCH3 is 2. The van der Waals surface area contributed by atoms with E-state index in [1.165, 1.54) is 6.42 Å². The molecule has 1 heterocycles. The van der Waals surface area contributed by atoms with E-state index >= 15 is 0 Å². The molecule has 1 aliphatic rings. The summed E-state index contributed by atoms with van der Waals surface area (Å²) in [6.07, 6.45) is 5.36. The number of nitrogens with zero attached hydrogens (tertiary/aromatic N) is 3. The molecular weight excluding hydrogens is 420 g/mol. The van der Waals surface area contributed by atoms with Gasteiger partial charge in [0.15, 0.2) is 11.5 Å². The SMILES string of the molecule is COc1ccc(-c2noc(CN(C(=O)Nc3ccc(C)cc3)C3CCCCC3)n2)cc1OC. The van der Waals surface area contributed by atoms with Crippen LogP contribution in [0.25, 0.3) is 11.4 Å². The third kappa shape index (κ3) is 5.45. The Morgan fingerprint density at radius 1 is 1.06 bits per heavy atom. The molecule has 0 unspecified atom stereocenters. The molecule has 0 saturated heterocycles. The first-order valence-electron chi connectivity index (χ1n) is 11.3. The molecule has 1 N–H and O–H groups in total. The van der Waals surface area contributed by atoms with Crippen LogP contribution in [0.5, 0.6) is 11.5 Å². The highest BCUT2D eigenvalue weighted by Crippen LogP contribution is 2.31. The van der Waals surface area contributed by atoms with Crippen molar-refractivity contribution >= 4 is 11.7 Å². The molecule has 174 valence electrons. The van der Waals surface area contributed by atoms with Gasteiger partial charge < -0.3 is 24.2 Å². The summed E-state index contributed by atoms with van der Waals surface area (Å²) in [6, 6.07) is 13.2. The van der Waals surface area contributed by atoms with Crippen molar-refractivity contribution < 1.29 is 18.8 Å². The Morgan fingerprint density at radius 2 is 1.79 bits per heavy atom. The lowest BCUT2D eigenvalue weighted by molar-refractivity contribution is 0.151. The van der Waals surface area contributed by atoms with Gasteiger partial charge in [-0.05, 0) is 50.1 Å². The maximum Gasteiger partial charge on any atom is 0.322 e. The van der Waals surface area contributed by atoms with Crippen LogP contribution in [0.2, 0.25) is 0 Å². The van der Waals surface area contributed by atoms with Crippen LogP contribution in [0.1, 0.15) is 43.6 Å². The van der Waals surface area contributed by atoms with Gasteiger partial charge in [-0.25, -0.2) is 4.79 Å². The zero-order valence-electron chi connectivity index (χ0n) is 19.3. The minimum absolute atomic E-state index is 0.139. The summed E-state index contributed by atoms with van der Waals surface area (Å²) in [5, 5.41) is 7.15. The number of carbonyl (C=O) groups is 1. The molecule has 0 radical (unpaired) electrons. The van der Waals surface area contributed by atoms with E-state index in [4.69, 9.17) is 14.0 Å². The molecule has 1 aromatic heterocycles. The van der Waals surface area contributed by atoms with Gasteiger partial charge in [0.1, 0.15) is 6.54 Å². The number of amides is 2. The van der Waals surface area contributed by atoms with Crippen LogP contribution in [0, 0.1) is 6.92 Å². The number of nitrogens with one attached hydrogen (secondary N) is 1. The van der Waals surface area contributed by atoms with Crippen molar-refractivity contribution in [3.63, 3.8) is 0 Å². The Bertz CT molecular complexity index is 1070. The van der Waals surface area contributed by atoms with E-state index < -0.39 is 0 Å². The molecule has 1 fully saturated rings. The van der Waals surface area contributed by atoms with Gasteiger partial charge in [-0.15, -0.1) is 0 Å². The Hall–Kier alpha value is -3.55. The Kier molecular flexibility index (Phi) is 7.12. The smallest absolute Gasteiger partial charge is 0.322 e. The van der Waals surface area contributed by atoms with Gasteiger partial charge in [-0.2, -0.15) is 4.98 Å². The Labute approximate surface area is 193 Å². The second-order valence-electron chi connectivity index (χ2n) is 8.30. The van der Waals surface area contributed by atoms with Crippen molar-refractivity contribution in [2.45, 2.75) is 51.6 Å². The second-order valence-corrected chi connectivity index (χ2v) is 8.30. The quantitative estimate of drug-likeness (QED) is 0.516. The van der Waals surface area contributed by atoms with Crippen LogP contribution >= 0.6 is 0 Å². The highest BCUT2D eigenvalue weighted by Gasteiger charge is 2.28. The fraction of sp³-hybridized carbons (Fsp3) is 0.400. The molecule has 8 heteroatoms.